The van der Waals surface area contributed by atoms with E-state index in [9.17, 15) is 35.1 Å². The average molecular weight is 1140 g/mol. The molecule has 1 aliphatic rings. The molecule has 6 N–H and O–H groups in total. The quantitative estimate of drug-likeness (QED) is 0.0195. The highest BCUT2D eigenvalue weighted by atomic mass is 16.7. The van der Waals surface area contributed by atoms with E-state index in [0.717, 1.165) is 103 Å². The van der Waals surface area contributed by atoms with Crippen LogP contribution in [0.2, 0.25) is 0 Å². The zero-order chi connectivity index (χ0) is 58.9. The minimum absolute atomic E-state index is 0.101. The summed E-state index contributed by atoms with van der Waals surface area (Å²) in [4.78, 5) is 26.6. The lowest BCUT2D eigenvalue weighted by atomic mass is 9.99. The number of amides is 1. The lowest BCUT2D eigenvalue weighted by molar-refractivity contribution is -0.305. The summed E-state index contributed by atoms with van der Waals surface area (Å²) in [5.41, 5.74) is 0. The van der Waals surface area contributed by atoms with Crippen LogP contribution in [-0.2, 0) is 23.8 Å². The summed E-state index contributed by atoms with van der Waals surface area (Å²) in [5, 5.41) is 57.1. The maximum atomic E-state index is 13.5. The molecule has 0 bridgehead atoms. The smallest absolute Gasteiger partial charge is 0.306 e. The van der Waals surface area contributed by atoms with Crippen molar-refractivity contribution in [2.75, 3.05) is 13.2 Å². The molecule has 1 amide bonds. The first-order valence-corrected chi connectivity index (χ1v) is 33.4. The van der Waals surface area contributed by atoms with Gasteiger partial charge in [-0.05, 0) is 96.3 Å². The van der Waals surface area contributed by atoms with E-state index in [2.05, 4.69) is 99.0 Å². The predicted molar refractivity (Wildman–Crippen MR) is 338 cm³/mol. The molecular formula is C70H123NO10. The van der Waals surface area contributed by atoms with E-state index in [4.69, 9.17) is 14.2 Å². The Balaban J connectivity index is 2.60. The maximum Gasteiger partial charge on any atom is 0.306 e. The Kier molecular flexibility index (Phi) is 53.6. The molecule has 0 spiro atoms. The van der Waals surface area contributed by atoms with Crippen LogP contribution in [0, 0.1) is 0 Å². The second-order valence-electron chi connectivity index (χ2n) is 22.8. The Bertz CT molecular complexity index is 1640. The van der Waals surface area contributed by atoms with Gasteiger partial charge in [-0.15, -0.1) is 0 Å². The molecule has 11 nitrogen and oxygen atoms in total. The molecule has 0 aromatic heterocycles. The summed E-state index contributed by atoms with van der Waals surface area (Å²) in [6, 6.07) is -1.03. The van der Waals surface area contributed by atoms with Gasteiger partial charge in [-0.2, -0.15) is 0 Å². The van der Waals surface area contributed by atoms with Crippen molar-refractivity contribution in [1.29, 1.82) is 0 Å². The number of hydrogen-bond acceptors (Lipinski definition) is 10. The second kappa shape index (κ2) is 57.3. The standard InChI is InChI=1S/C70H123NO10/c1-4-7-10-13-16-19-22-25-27-28-29-30-31-32-33-34-35-36-37-38-39-42-45-48-51-54-57-63(74)69(78)71-61(62(73)56-53-50-47-44-41-24-21-18-15-12-9-6-3)60-79-70-68(67(77)66(76)64(59-72)80-70)81-65(75)58-55-52-49-46-43-40-26-23-20-17-14-11-8-5-2/h7,10,16,19,25,27,29-30,32-33,40,43,53,56,61-64,66-68,70,72-74,76-77H,4-6,8-9,11-15,17-18,20-24,26,28,31,34-39,41-42,44-52,54-55,57-60H2,1-3H3,(H,71,78)/b10-7-,19-16-,27-25-,30-29-,33-32-,43-40-,56-53+. The lowest BCUT2D eigenvalue weighted by Gasteiger charge is -2.41. The SMILES string of the molecule is CC/C=C\C/C=C\C/C=C\C/C=C\C/C=C\CCCCCCCCCCCCC(O)C(=O)NC(COC1OC(CO)C(O)C(O)C1OC(=O)CCCCC/C=C\CCCCCCCCC)C(O)/C=C/CCCCCCCCCCCC. The zero-order valence-corrected chi connectivity index (χ0v) is 51.9. The van der Waals surface area contributed by atoms with E-state index < -0.39 is 67.4 Å². The number of carbonyl (C=O) groups excluding carboxylic acids is 2. The molecule has 0 aromatic rings. The van der Waals surface area contributed by atoms with Gasteiger partial charge in [0.05, 0.1) is 25.4 Å². The molecule has 1 fully saturated rings. The molecule has 0 aliphatic carbocycles. The summed E-state index contributed by atoms with van der Waals surface area (Å²) in [6.07, 6.45) is 64.8. The van der Waals surface area contributed by atoms with Crippen LogP contribution in [0.4, 0.5) is 0 Å². The molecule has 468 valence electrons. The first kappa shape index (κ1) is 75.9. The Morgan fingerprint density at radius 1 is 0.494 bits per heavy atom. The number of carbonyl (C=O) groups is 2. The van der Waals surface area contributed by atoms with Gasteiger partial charge >= 0.3 is 5.97 Å². The summed E-state index contributed by atoms with van der Waals surface area (Å²) in [5.74, 6) is -1.21. The number of aliphatic hydroxyl groups is 5. The second-order valence-corrected chi connectivity index (χ2v) is 22.8. The number of ether oxygens (including phenoxy) is 3. The van der Waals surface area contributed by atoms with Crippen molar-refractivity contribution in [2.24, 2.45) is 0 Å². The lowest BCUT2D eigenvalue weighted by Crippen LogP contribution is -2.61. The van der Waals surface area contributed by atoms with Crippen molar-refractivity contribution in [1.82, 2.24) is 5.32 Å². The van der Waals surface area contributed by atoms with Crippen molar-refractivity contribution in [3.8, 4) is 0 Å². The Morgan fingerprint density at radius 3 is 1.35 bits per heavy atom. The third-order valence-electron chi connectivity index (χ3n) is 15.3. The highest BCUT2D eigenvalue weighted by Gasteiger charge is 2.47. The third-order valence-corrected chi connectivity index (χ3v) is 15.3. The van der Waals surface area contributed by atoms with E-state index in [1.54, 1.807) is 6.08 Å². The fourth-order valence-corrected chi connectivity index (χ4v) is 10.0. The van der Waals surface area contributed by atoms with Crippen molar-refractivity contribution in [3.05, 3.63) is 85.1 Å². The topological polar surface area (TPSA) is 175 Å². The van der Waals surface area contributed by atoms with Gasteiger partial charge in [0.1, 0.15) is 24.4 Å². The molecule has 8 unspecified atom stereocenters. The highest BCUT2D eigenvalue weighted by molar-refractivity contribution is 5.80. The van der Waals surface area contributed by atoms with Crippen LogP contribution in [-0.4, -0.2) is 99.6 Å². The predicted octanol–water partition coefficient (Wildman–Crippen LogP) is 16.5. The molecular weight excluding hydrogens is 1010 g/mol. The summed E-state index contributed by atoms with van der Waals surface area (Å²) in [6.45, 7) is 5.67. The number of nitrogens with one attached hydrogen (secondary N) is 1. The summed E-state index contributed by atoms with van der Waals surface area (Å²) >= 11 is 0. The van der Waals surface area contributed by atoms with Crippen LogP contribution in [0.25, 0.3) is 0 Å². The maximum absolute atomic E-state index is 13.5. The summed E-state index contributed by atoms with van der Waals surface area (Å²) in [7, 11) is 0. The number of esters is 1. The first-order chi connectivity index (χ1) is 39.7. The first-order valence-electron chi connectivity index (χ1n) is 33.4. The molecule has 1 rings (SSSR count). The van der Waals surface area contributed by atoms with Gasteiger partial charge in [-0.1, -0.05) is 266 Å². The van der Waals surface area contributed by atoms with Gasteiger partial charge in [-0.25, -0.2) is 0 Å². The van der Waals surface area contributed by atoms with Crippen LogP contribution in [0.1, 0.15) is 284 Å². The van der Waals surface area contributed by atoms with E-state index in [0.29, 0.717) is 12.8 Å². The molecule has 1 heterocycles. The summed E-state index contributed by atoms with van der Waals surface area (Å²) < 4.78 is 17.6. The van der Waals surface area contributed by atoms with E-state index in [-0.39, 0.29) is 19.4 Å². The minimum Gasteiger partial charge on any atom is -0.454 e. The Labute approximate surface area is 495 Å². The van der Waals surface area contributed by atoms with Crippen LogP contribution in [0.15, 0.2) is 85.1 Å². The van der Waals surface area contributed by atoms with Crippen LogP contribution >= 0.6 is 0 Å². The fourth-order valence-electron chi connectivity index (χ4n) is 10.0. The van der Waals surface area contributed by atoms with Gasteiger partial charge in [-0.3, -0.25) is 9.59 Å². The van der Waals surface area contributed by atoms with Gasteiger partial charge in [0.25, 0.3) is 0 Å². The highest BCUT2D eigenvalue weighted by Crippen LogP contribution is 2.26. The molecule has 81 heavy (non-hydrogen) atoms. The van der Waals surface area contributed by atoms with Crippen molar-refractivity contribution in [2.45, 2.75) is 333 Å². The monoisotopic (exact) mass is 1140 g/mol. The molecule has 0 radical (unpaired) electrons. The number of allylic oxidation sites excluding steroid dienone is 13. The number of unbranched alkanes of at least 4 members (excludes halogenated alkanes) is 30. The third kappa shape index (κ3) is 45.0. The van der Waals surface area contributed by atoms with Crippen molar-refractivity contribution < 1.29 is 49.3 Å². The van der Waals surface area contributed by atoms with Crippen LogP contribution in [0.5, 0.6) is 0 Å². The number of rotatable bonds is 56. The van der Waals surface area contributed by atoms with Gasteiger partial charge in [0, 0.05) is 6.42 Å². The normalized spacial score (nSPS) is 19.2. The molecule has 0 aromatic carbocycles. The molecule has 1 aliphatic heterocycles. The average Bonchev–Trinajstić information content (AvgIpc) is 3.48. The number of aliphatic hydroxyl groups excluding tert-OH is 5. The van der Waals surface area contributed by atoms with Gasteiger partial charge < -0.3 is 45.1 Å². The minimum atomic E-state index is -1.62. The van der Waals surface area contributed by atoms with Crippen LogP contribution < -0.4 is 5.32 Å². The van der Waals surface area contributed by atoms with E-state index in [1.165, 1.54) is 135 Å². The van der Waals surface area contributed by atoms with Crippen molar-refractivity contribution in [3.63, 3.8) is 0 Å². The van der Waals surface area contributed by atoms with Crippen molar-refractivity contribution >= 4 is 11.9 Å². The Hall–Kier alpha value is -3.16. The Morgan fingerprint density at radius 2 is 0.889 bits per heavy atom. The fraction of sp³-hybridized carbons (Fsp3) is 0.771. The molecule has 11 heteroatoms. The zero-order valence-electron chi connectivity index (χ0n) is 51.9. The molecule has 8 atom stereocenters. The van der Waals surface area contributed by atoms with Gasteiger partial charge in [0.15, 0.2) is 12.4 Å². The molecule has 1 saturated heterocycles. The molecule has 0 saturated carbocycles. The van der Waals surface area contributed by atoms with E-state index in [1.807, 2.05) is 6.08 Å². The van der Waals surface area contributed by atoms with Crippen LogP contribution in [0.3, 0.4) is 0 Å². The largest absolute Gasteiger partial charge is 0.454 e. The van der Waals surface area contributed by atoms with E-state index >= 15 is 0 Å². The number of hydrogen-bond donors (Lipinski definition) is 6. The van der Waals surface area contributed by atoms with Gasteiger partial charge in [0.2, 0.25) is 5.91 Å².